The van der Waals surface area contributed by atoms with E-state index in [1.165, 1.54) is 0 Å². The molecule has 2 rings (SSSR count). The first-order valence-electron chi connectivity index (χ1n) is 6.71. The maximum Gasteiger partial charge on any atom is 0.228 e. The van der Waals surface area contributed by atoms with Gasteiger partial charge in [-0.1, -0.05) is 25.9 Å². The summed E-state index contributed by atoms with van der Waals surface area (Å²) in [5.74, 6) is 3.21. The summed E-state index contributed by atoms with van der Waals surface area (Å²) >= 11 is 1.86. The van der Waals surface area contributed by atoms with E-state index in [0.29, 0.717) is 18.1 Å². The predicted molar refractivity (Wildman–Crippen MR) is 76.1 cm³/mol. The smallest absolute Gasteiger partial charge is 0.228 e. The molecule has 0 aromatic carbocycles. The van der Waals surface area contributed by atoms with Crippen molar-refractivity contribution in [2.45, 2.75) is 45.8 Å². The van der Waals surface area contributed by atoms with E-state index in [1.807, 2.05) is 11.8 Å². The molecule has 0 aliphatic carbocycles. The Morgan fingerprint density at radius 3 is 2.89 bits per heavy atom. The summed E-state index contributed by atoms with van der Waals surface area (Å²) in [4.78, 5) is 4.41. The van der Waals surface area contributed by atoms with E-state index < -0.39 is 0 Å². The molecule has 0 radical (unpaired) electrons. The molecule has 1 saturated heterocycles. The van der Waals surface area contributed by atoms with Crippen LogP contribution >= 0.6 is 11.8 Å². The second kappa shape index (κ2) is 6.24. The Balaban J connectivity index is 1.89. The SMILES string of the molecule is CC(C)(C)CC(N)Cc1nc(C2CSCCO2)no1. The molecule has 1 aromatic rings. The minimum atomic E-state index is -0.0323. The van der Waals surface area contributed by atoms with Gasteiger partial charge in [-0.3, -0.25) is 0 Å². The molecular formula is C13H23N3O2S. The molecule has 1 aliphatic rings. The van der Waals surface area contributed by atoms with Gasteiger partial charge in [0.2, 0.25) is 11.7 Å². The van der Waals surface area contributed by atoms with Gasteiger partial charge >= 0.3 is 0 Å². The topological polar surface area (TPSA) is 74.2 Å². The number of nitrogens with two attached hydrogens (primary N) is 1. The molecule has 0 saturated carbocycles. The number of aromatic nitrogens is 2. The minimum Gasteiger partial charge on any atom is -0.368 e. The summed E-state index contributed by atoms with van der Waals surface area (Å²) in [5, 5.41) is 4.01. The van der Waals surface area contributed by atoms with Crippen molar-refractivity contribution in [3.8, 4) is 0 Å². The molecule has 0 spiro atoms. The van der Waals surface area contributed by atoms with Crippen molar-refractivity contribution in [2.75, 3.05) is 18.1 Å². The van der Waals surface area contributed by atoms with E-state index in [-0.39, 0.29) is 17.6 Å². The van der Waals surface area contributed by atoms with Crippen molar-refractivity contribution < 1.29 is 9.26 Å². The van der Waals surface area contributed by atoms with Crippen LogP contribution in [0.4, 0.5) is 0 Å². The summed E-state index contributed by atoms with van der Waals surface area (Å²) in [6, 6.07) is 0.0509. The quantitative estimate of drug-likeness (QED) is 0.914. The van der Waals surface area contributed by atoms with Crippen LogP contribution in [0.5, 0.6) is 0 Å². The van der Waals surface area contributed by atoms with Gasteiger partial charge in [0.15, 0.2) is 0 Å². The van der Waals surface area contributed by atoms with Crippen LogP contribution in [0.25, 0.3) is 0 Å². The lowest BCUT2D eigenvalue weighted by atomic mass is 9.87. The van der Waals surface area contributed by atoms with Crippen molar-refractivity contribution in [3.05, 3.63) is 11.7 Å². The number of nitrogens with zero attached hydrogens (tertiary/aromatic N) is 2. The number of hydrogen-bond acceptors (Lipinski definition) is 6. The summed E-state index contributed by atoms with van der Waals surface area (Å²) in [6.45, 7) is 7.29. The molecule has 5 nitrogen and oxygen atoms in total. The van der Waals surface area contributed by atoms with Gasteiger partial charge in [-0.05, 0) is 11.8 Å². The molecular weight excluding hydrogens is 262 g/mol. The average Bonchev–Trinajstić information content (AvgIpc) is 2.76. The van der Waals surface area contributed by atoms with Crippen molar-refractivity contribution in [3.63, 3.8) is 0 Å². The Morgan fingerprint density at radius 1 is 1.47 bits per heavy atom. The highest BCUT2D eigenvalue weighted by Crippen LogP contribution is 2.25. The van der Waals surface area contributed by atoms with E-state index in [4.69, 9.17) is 15.0 Å². The van der Waals surface area contributed by atoms with Gasteiger partial charge < -0.3 is 15.0 Å². The van der Waals surface area contributed by atoms with Crippen LogP contribution in [0.2, 0.25) is 0 Å². The lowest BCUT2D eigenvalue weighted by Gasteiger charge is -2.22. The molecule has 1 aliphatic heterocycles. The van der Waals surface area contributed by atoms with E-state index >= 15 is 0 Å². The third-order valence-electron chi connectivity index (χ3n) is 2.90. The van der Waals surface area contributed by atoms with Crippen LogP contribution in [0.1, 0.15) is 45.0 Å². The second-order valence-electron chi connectivity index (χ2n) is 6.21. The zero-order valence-corrected chi connectivity index (χ0v) is 12.7. The molecule has 1 fully saturated rings. The van der Waals surface area contributed by atoms with Crippen LogP contribution in [0.3, 0.4) is 0 Å². The molecule has 1 aromatic heterocycles. The maximum atomic E-state index is 6.12. The van der Waals surface area contributed by atoms with Crippen molar-refractivity contribution in [1.82, 2.24) is 10.1 Å². The van der Waals surface area contributed by atoms with Crippen LogP contribution < -0.4 is 5.73 Å². The fourth-order valence-corrected chi connectivity index (χ4v) is 3.04. The van der Waals surface area contributed by atoms with Crippen LogP contribution in [0.15, 0.2) is 4.52 Å². The molecule has 2 atom stereocenters. The van der Waals surface area contributed by atoms with Gasteiger partial charge in [-0.2, -0.15) is 16.7 Å². The summed E-state index contributed by atoms with van der Waals surface area (Å²) in [7, 11) is 0. The first-order valence-corrected chi connectivity index (χ1v) is 7.87. The fourth-order valence-electron chi connectivity index (χ4n) is 2.20. The Kier molecular flexibility index (Phi) is 4.86. The van der Waals surface area contributed by atoms with Crippen molar-refractivity contribution in [1.29, 1.82) is 0 Å². The lowest BCUT2D eigenvalue weighted by Crippen LogP contribution is -2.28. The zero-order chi connectivity index (χ0) is 13.9. The number of ether oxygens (including phenoxy) is 1. The van der Waals surface area contributed by atoms with Crippen molar-refractivity contribution >= 4 is 11.8 Å². The van der Waals surface area contributed by atoms with Crippen LogP contribution in [0, 0.1) is 5.41 Å². The van der Waals surface area contributed by atoms with E-state index in [0.717, 1.165) is 24.5 Å². The molecule has 0 bridgehead atoms. The summed E-state index contributed by atoms with van der Waals surface area (Å²) in [5.41, 5.74) is 6.33. The van der Waals surface area contributed by atoms with Crippen molar-refractivity contribution in [2.24, 2.45) is 11.1 Å². The van der Waals surface area contributed by atoms with Gasteiger partial charge in [-0.25, -0.2) is 0 Å². The van der Waals surface area contributed by atoms with E-state index in [2.05, 4.69) is 30.9 Å². The highest BCUT2D eigenvalue weighted by Gasteiger charge is 2.23. The number of thioether (sulfide) groups is 1. The van der Waals surface area contributed by atoms with Crippen LogP contribution in [-0.2, 0) is 11.2 Å². The molecule has 2 heterocycles. The van der Waals surface area contributed by atoms with Gasteiger partial charge in [0, 0.05) is 24.0 Å². The molecule has 19 heavy (non-hydrogen) atoms. The first kappa shape index (κ1) is 14.8. The van der Waals surface area contributed by atoms with Gasteiger partial charge in [0.1, 0.15) is 6.10 Å². The normalized spacial score (nSPS) is 22.4. The molecule has 0 amide bonds. The largest absolute Gasteiger partial charge is 0.368 e. The summed E-state index contributed by atoms with van der Waals surface area (Å²) < 4.78 is 10.9. The van der Waals surface area contributed by atoms with E-state index in [1.54, 1.807) is 0 Å². The summed E-state index contributed by atoms with van der Waals surface area (Å²) in [6.07, 6.45) is 1.53. The minimum absolute atomic E-state index is 0.0323. The Morgan fingerprint density at radius 2 is 2.26 bits per heavy atom. The van der Waals surface area contributed by atoms with Gasteiger partial charge in [0.05, 0.1) is 6.61 Å². The average molecular weight is 285 g/mol. The third-order valence-corrected chi connectivity index (χ3v) is 3.89. The standard InChI is InChI=1S/C13H23N3O2S/c1-13(2,3)7-9(14)6-11-15-12(16-18-11)10-8-19-5-4-17-10/h9-10H,4-8,14H2,1-3H3. The number of rotatable bonds is 4. The van der Waals surface area contributed by atoms with Crippen LogP contribution in [-0.4, -0.2) is 34.3 Å². The number of hydrogen-bond donors (Lipinski definition) is 1. The monoisotopic (exact) mass is 285 g/mol. The maximum absolute atomic E-state index is 6.12. The first-order chi connectivity index (χ1) is 8.94. The Hall–Kier alpha value is -0.590. The second-order valence-corrected chi connectivity index (χ2v) is 7.36. The molecule has 2 N–H and O–H groups in total. The highest BCUT2D eigenvalue weighted by molar-refractivity contribution is 7.99. The predicted octanol–water partition coefficient (Wildman–Crippen LogP) is 2.18. The van der Waals surface area contributed by atoms with Gasteiger partial charge in [-0.15, -0.1) is 0 Å². The zero-order valence-electron chi connectivity index (χ0n) is 11.9. The fraction of sp³-hybridized carbons (Fsp3) is 0.846. The Bertz CT molecular complexity index is 397. The Labute approximate surface area is 118 Å². The lowest BCUT2D eigenvalue weighted by molar-refractivity contribution is 0.0677. The molecule has 2 unspecified atom stereocenters. The molecule has 6 heteroatoms. The third kappa shape index (κ3) is 4.78. The molecule has 108 valence electrons. The van der Waals surface area contributed by atoms with E-state index in [9.17, 15) is 0 Å². The highest BCUT2D eigenvalue weighted by atomic mass is 32.2. The van der Waals surface area contributed by atoms with Gasteiger partial charge in [0.25, 0.3) is 0 Å².